The average molecular weight is 339 g/mol. The molecule has 2 rings (SSSR count). The third-order valence-corrected chi connectivity index (χ3v) is 7.41. The van der Waals surface area contributed by atoms with E-state index in [9.17, 15) is 4.79 Å². The van der Waals surface area contributed by atoms with Gasteiger partial charge < -0.3 is 4.43 Å². The minimum absolute atomic E-state index is 0.0744. The fourth-order valence-corrected chi connectivity index (χ4v) is 6.03. The van der Waals surface area contributed by atoms with E-state index in [1.54, 1.807) is 0 Å². The van der Waals surface area contributed by atoms with Gasteiger partial charge in [0, 0.05) is 6.42 Å². The van der Waals surface area contributed by atoms with Crippen LogP contribution in [0.25, 0.3) is 0 Å². The first-order chi connectivity index (χ1) is 11.3. The molecule has 2 aliphatic rings. The van der Waals surface area contributed by atoms with Crippen molar-refractivity contribution in [3.63, 3.8) is 0 Å². The van der Waals surface area contributed by atoms with Gasteiger partial charge >= 0.3 is 0 Å². The Labute approximate surface area is 146 Å². The van der Waals surface area contributed by atoms with Gasteiger partial charge in [-0.2, -0.15) is 0 Å². The van der Waals surface area contributed by atoms with E-state index in [4.69, 9.17) is 4.43 Å². The predicted octanol–water partition coefficient (Wildman–Crippen LogP) is 5.39. The topological polar surface area (TPSA) is 26.3 Å². The second-order valence-corrected chi connectivity index (χ2v) is 9.33. The maximum Gasteiger partial charge on any atom is 0.292 e. The Bertz CT molecular complexity index is 302. The van der Waals surface area contributed by atoms with Gasteiger partial charge in [-0.15, -0.1) is 0 Å². The first-order valence-corrected chi connectivity index (χ1v) is 12.0. The van der Waals surface area contributed by atoms with Crippen molar-refractivity contribution >= 4 is 15.7 Å². The minimum atomic E-state index is -0.628. The molecular weight excluding hydrogens is 300 g/mol. The standard InChI is InChI=1S/C20H38O2Si/c1-2-3-14-20(21)22-23-16-15-19(17-10-6-4-7-11-17)18-12-8-5-9-13-18/h17-19H,2-16,23H2,1H3. The summed E-state index contributed by atoms with van der Waals surface area (Å²) in [6.45, 7) is 2.13. The molecule has 0 aromatic carbocycles. The summed E-state index contributed by atoms with van der Waals surface area (Å²) in [7, 11) is -0.628. The minimum Gasteiger partial charge on any atom is -0.525 e. The van der Waals surface area contributed by atoms with Gasteiger partial charge in [0.2, 0.25) is 9.76 Å². The lowest BCUT2D eigenvalue weighted by molar-refractivity contribution is -0.134. The molecule has 0 radical (unpaired) electrons. The van der Waals surface area contributed by atoms with Crippen LogP contribution in [0.3, 0.4) is 0 Å². The highest BCUT2D eigenvalue weighted by atomic mass is 28.2. The molecule has 0 unspecified atom stereocenters. The molecule has 0 aliphatic heterocycles. The summed E-state index contributed by atoms with van der Waals surface area (Å²) >= 11 is 0. The van der Waals surface area contributed by atoms with Crippen LogP contribution in [0.5, 0.6) is 0 Å². The van der Waals surface area contributed by atoms with Crippen LogP contribution in [-0.2, 0) is 9.22 Å². The number of carbonyl (C=O) groups is 1. The van der Waals surface area contributed by atoms with Gasteiger partial charge in [-0.1, -0.05) is 77.6 Å². The highest BCUT2D eigenvalue weighted by molar-refractivity contribution is 6.30. The van der Waals surface area contributed by atoms with E-state index in [1.807, 2.05) is 0 Å². The number of hydrogen-bond acceptors (Lipinski definition) is 2. The highest BCUT2D eigenvalue weighted by Gasteiger charge is 2.30. The smallest absolute Gasteiger partial charge is 0.292 e. The molecule has 0 saturated heterocycles. The van der Waals surface area contributed by atoms with Crippen LogP contribution in [0.15, 0.2) is 0 Å². The van der Waals surface area contributed by atoms with Crippen LogP contribution in [-0.4, -0.2) is 15.7 Å². The Morgan fingerprint density at radius 2 is 1.57 bits per heavy atom. The molecule has 2 aliphatic carbocycles. The maximum absolute atomic E-state index is 11.7. The molecular formula is C20H38O2Si. The number of unbranched alkanes of at least 4 members (excludes halogenated alkanes) is 1. The molecule has 0 bridgehead atoms. The SMILES string of the molecule is CCCCC(=O)O[SiH2]CCC(C1CCCCC1)C1CCCCC1. The summed E-state index contributed by atoms with van der Waals surface area (Å²) in [6, 6.07) is 1.22. The lowest BCUT2D eigenvalue weighted by Crippen LogP contribution is -2.27. The van der Waals surface area contributed by atoms with Gasteiger partial charge in [0.25, 0.3) is 5.97 Å². The van der Waals surface area contributed by atoms with Crippen LogP contribution in [0.4, 0.5) is 0 Å². The van der Waals surface area contributed by atoms with Gasteiger partial charge in [-0.05, 0) is 36.6 Å². The van der Waals surface area contributed by atoms with Crippen molar-refractivity contribution in [3.8, 4) is 0 Å². The van der Waals surface area contributed by atoms with Crippen molar-refractivity contribution in [2.24, 2.45) is 17.8 Å². The first kappa shape index (κ1) is 19.0. The Hall–Kier alpha value is -0.313. The Balaban J connectivity index is 1.74. The summed E-state index contributed by atoms with van der Waals surface area (Å²) in [6.07, 6.45) is 18.7. The predicted molar refractivity (Wildman–Crippen MR) is 100 cm³/mol. The summed E-state index contributed by atoms with van der Waals surface area (Å²) in [5.41, 5.74) is 0. The van der Waals surface area contributed by atoms with Crippen LogP contribution >= 0.6 is 0 Å². The van der Waals surface area contributed by atoms with Gasteiger partial charge in [0.1, 0.15) is 0 Å². The van der Waals surface area contributed by atoms with E-state index in [2.05, 4.69) is 6.92 Å². The van der Waals surface area contributed by atoms with Crippen molar-refractivity contribution in [2.75, 3.05) is 0 Å². The zero-order chi connectivity index (χ0) is 16.3. The molecule has 2 nitrogen and oxygen atoms in total. The normalized spacial score (nSPS) is 21.3. The van der Waals surface area contributed by atoms with E-state index in [0.29, 0.717) is 6.42 Å². The molecule has 2 saturated carbocycles. The lowest BCUT2D eigenvalue weighted by Gasteiger charge is -2.38. The fourth-order valence-electron chi connectivity index (χ4n) is 4.88. The van der Waals surface area contributed by atoms with Crippen molar-refractivity contribution in [1.29, 1.82) is 0 Å². The maximum atomic E-state index is 11.7. The number of hydrogen-bond donors (Lipinski definition) is 0. The van der Waals surface area contributed by atoms with Crippen LogP contribution in [0.2, 0.25) is 6.04 Å². The molecule has 0 aromatic rings. The summed E-state index contributed by atoms with van der Waals surface area (Å²) < 4.78 is 5.57. The Morgan fingerprint density at radius 1 is 1.00 bits per heavy atom. The van der Waals surface area contributed by atoms with Gasteiger partial charge in [-0.25, -0.2) is 0 Å². The number of rotatable bonds is 9. The van der Waals surface area contributed by atoms with Crippen LogP contribution in [0, 0.1) is 17.8 Å². The van der Waals surface area contributed by atoms with E-state index < -0.39 is 9.76 Å². The largest absolute Gasteiger partial charge is 0.525 e. The van der Waals surface area contributed by atoms with Gasteiger partial charge in [0.15, 0.2) is 0 Å². The molecule has 0 N–H and O–H groups in total. The van der Waals surface area contributed by atoms with Crippen LogP contribution in [0.1, 0.15) is 96.8 Å². The van der Waals surface area contributed by atoms with E-state index in [-0.39, 0.29) is 5.97 Å². The molecule has 0 spiro atoms. The number of carbonyl (C=O) groups excluding carboxylic acids is 1. The van der Waals surface area contributed by atoms with Crippen molar-refractivity contribution in [3.05, 3.63) is 0 Å². The van der Waals surface area contributed by atoms with Crippen molar-refractivity contribution in [2.45, 2.75) is 103 Å². The second kappa shape index (κ2) is 11.3. The first-order valence-electron chi connectivity index (χ1n) is 10.5. The quantitative estimate of drug-likeness (QED) is 0.416. The summed E-state index contributed by atoms with van der Waals surface area (Å²) in [5.74, 6) is 2.98. The van der Waals surface area contributed by atoms with Gasteiger partial charge in [0.05, 0.1) is 0 Å². The zero-order valence-corrected chi connectivity index (χ0v) is 16.8. The Kier molecular flexibility index (Phi) is 9.32. The molecule has 0 heterocycles. The van der Waals surface area contributed by atoms with E-state index in [1.165, 1.54) is 76.7 Å². The zero-order valence-electron chi connectivity index (χ0n) is 15.4. The van der Waals surface area contributed by atoms with Gasteiger partial charge in [-0.3, -0.25) is 4.79 Å². The van der Waals surface area contributed by atoms with E-state index >= 15 is 0 Å². The van der Waals surface area contributed by atoms with Crippen molar-refractivity contribution in [1.82, 2.24) is 0 Å². The van der Waals surface area contributed by atoms with E-state index in [0.717, 1.165) is 30.6 Å². The molecule has 0 amide bonds. The third kappa shape index (κ3) is 6.99. The van der Waals surface area contributed by atoms with Crippen LogP contribution < -0.4 is 0 Å². The second-order valence-electron chi connectivity index (χ2n) is 7.93. The molecule has 0 aromatic heterocycles. The lowest BCUT2D eigenvalue weighted by atomic mass is 9.68. The summed E-state index contributed by atoms with van der Waals surface area (Å²) in [4.78, 5) is 11.7. The molecule has 0 atom stereocenters. The fraction of sp³-hybridized carbons (Fsp3) is 0.950. The molecule has 134 valence electrons. The summed E-state index contributed by atoms with van der Waals surface area (Å²) in [5, 5.41) is 0. The monoisotopic (exact) mass is 338 g/mol. The molecule has 3 heteroatoms. The van der Waals surface area contributed by atoms with Crippen molar-refractivity contribution < 1.29 is 9.22 Å². The Morgan fingerprint density at radius 3 is 2.09 bits per heavy atom. The average Bonchev–Trinajstić information content (AvgIpc) is 2.61. The highest BCUT2D eigenvalue weighted by Crippen LogP contribution is 2.42. The molecule has 23 heavy (non-hydrogen) atoms. The third-order valence-electron chi connectivity index (χ3n) is 6.19. The molecule has 2 fully saturated rings.